The number of hydrogen-bond donors (Lipinski definition) is 5. The number of ketones is 1. The molecule has 6 rings (SSSR count). The molecule has 0 aliphatic heterocycles. The van der Waals surface area contributed by atoms with Crippen LogP contribution in [0.2, 0.25) is 0 Å². The molecule has 42 heavy (non-hydrogen) atoms. The molecule has 214 valence electrons. The number of nitrogen functional groups attached to an aromatic ring is 1. The SMILES string of the molecule is C=CC(=O)N[C@H]1CCC[C@H](NC(=O)c2sc3c(N)ccc4c3c2C(N)C(=O)C4(N)c2ccnc(-c3ccccc3)c2)C1. The number of nitrogens with zero attached hydrogens (tertiary/aromatic N) is 1. The molecular formula is C32H32N6O3S. The highest BCUT2D eigenvalue weighted by Crippen LogP contribution is 2.49. The normalized spacial score (nSPS) is 23.4. The van der Waals surface area contributed by atoms with Crippen LogP contribution in [0.1, 0.15) is 58.1 Å². The maximum Gasteiger partial charge on any atom is 0.261 e. The number of carbonyl (C=O) groups is 3. The molecule has 2 amide bonds. The van der Waals surface area contributed by atoms with Gasteiger partial charge in [0.25, 0.3) is 5.91 Å². The third-order valence-corrected chi connectivity index (χ3v) is 9.60. The van der Waals surface area contributed by atoms with Gasteiger partial charge in [0.15, 0.2) is 5.78 Å². The second-order valence-electron chi connectivity index (χ2n) is 10.9. The third-order valence-electron chi connectivity index (χ3n) is 8.35. The van der Waals surface area contributed by atoms with Crippen LogP contribution in [0.5, 0.6) is 0 Å². The van der Waals surface area contributed by atoms with E-state index in [1.165, 1.54) is 17.4 Å². The first-order chi connectivity index (χ1) is 20.2. The molecule has 10 heteroatoms. The zero-order chi connectivity index (χ0) is 29.6. The quantitative estimate of drug-likeness (QED) is 0.171. The molecular weight excluding hydrogens is 548 g/mol. The molecule has 0 bridgehead atoms. The van der Waals surface area contributed by atoms with Crippen molar-refractivity contribution in [2.24, 2.45) is 11.5 Å². The largest absolute Gasteiger partial charge is 0.398 e. The zero-order valence-corrected chi connectivity index (χ0v) is 23.7. The lowest BCUT2D eigenvalue weighted by atomic mass is 9.70. The molecule has 4 aromatic rings. The van der Waals surface area contributed by atoms with E-state index in [0.29, 0.717) is 49.5 Å². The number of anilines is 1. The monoisotopic (exact) mass is 580 g/mol. The minimum Gasteiger partial charge on any atom is -0.398 e. The number of aromatic nitrogens is 1. The fraction of sp³-hybridized carbons (Fsp3) is 0.250. The third kappa shape index (κ3) is 4.57. The van der Waals surface area contributed by atoms with Crippen LogP contribution in [-0.2, 0) is 15.1 Å². The number of nitrogens with two attached hydrogens (primary N) is 3. The van der Waals surface area contributed by atoms with E-state index in [1.807, 2.05) is 36.4 Å². The van der Waals surface area contributed by atoms with Gasteiger partial charge in [-0.15, -0.1) is 11.3 Å². The number of hydrogen-bond acceptors (Lipinski definition) is 8. The van der Waals surface area contributed by atoms with Crippen LogP contribution in [0.3, 0.4) is 0 Å². The molecule has 4 atom stereocenters. The summed E-state index contributed by atoms with van der Waals surface area (Å²) in [5.41, 5.74) is 22.1. The Labute approximate surface area is 247 Å². The number of thiophene rings is 1. The van der Waals surface area contributed by atoms with Gasteiger partial charge in [-0.1, -0.05) is 43.0 Å². The Bertz CT molecular complexity index is 1740. The summed E-state index contributed by atoms with van der Waals surface area (Å²) in [4.78, 5) is 44.5. The van der Waals surface area contributed by atoms with Crippen LogP contribution in [-0.4, -0.2) is 34.7 Å². The van der Waals surface area contributed by atoms with Crippen molar-refractivity contribution in [3.8, 4) is 11.3 Å². The second kappa shape index (κ2) is 10.8. The summed E-state index contributed by atoms with van der Waals surface area (Å²) < 4.78 is 0.669. The molecule has 2 heterocycles. The molecule has 2 aliphatic rings. The predicted octanol–water partition coefficient (Wildman–Crippen LogP) is 3.67. The second-order valence-corrected chi connectivity index (χ2v) is 12.0. The van der Waals surface area contributed by atoms with Gasteiger partial charge in [0.1, 0.15) is 5.54 Å². The number of benzene rings is 2. The lowest BCUT2D eigenvalue weighted by Gasteiger charge is -2.36. The predicted molar refractivity (Wildman–Crippen MR) is 165 cm³/mol. The summed E-state index contributed by atoms with van der Waals surface area (Å²) in [6, 6.07) is 15.3. The van der Waals surface area contributed by atoms with Gasteiger partial charge >= 0.3 is 0 Å². The average molecular weight is 581 g/mol. The molecule has 2 aromatic carbocycles. The van der Waals surface area contributed by atoms with Crippen molar-refractivity contribution in [3.63, 3.8) is 0 Å². The number of rotatable bonds is 6. The summed E-state index contributed by atoms with van der Waals surface area (Å²) in [6.45, 7) is 3.51. The summed E-state index contributed by atoms with van der Waals surface area (Å²) in [7, 11) is 0. The van der Waals surface area contributed by atoms with E-state index in [2.05, 4.69) is 22.2 Å². The molecule has 2 aromatic heterocycles. The Hall–Kier alpha value is -4.38. The highest BCUT2D eigenvalue weighted by Gasteiger charge is 2.49. The van der Waals surface area contributed by atoms with E-state index >= 15 is 0 Å². The number of nitrogens with one attached hydrogen (secondary N) is 2. The number of Topliss-reactive ketones (excluding diaryl/α,β-unsaturated/α-hetero) is 1. The molecule has 9 nitrogen and oxygen atoms in total. The molecule has 2 unspecified atom stereocenters. The van der Waals surface area contributed by atoms with Crippen molar-refractivity contribution in [2.75, 3.05) is 5.73 Å². The first kappa shape index (κ1) is 27.8. The van der Waals surface area contributed by atoms with Gasteiger partial charge in [-0.05, 0) is 61.1 Å². The van der Waals surface area contributed by atoms with Gasteiger partial charge < -0.3 is 27.8 Å². The maximum atomic E-state index is 14.1. The Morgan fingerprint density at radius 3 is 2.55 bits per heavy atom. The topological polar surface area (TPSA) is 166 Å². The van der Waals surface area contributed by atoms with Crippen LogP contribution in [0.4, 0.5) is 5.69 Å². The standard InChI is InChI=1S/C32H32N6O3S/c1-2-24(39)37-19-9-6-10-20(16-19)38-31(41)29-26-25-21(11-12-22(33)28(25)42-29)32(35,30(40)27(26)34)18-13-14-36-23(15-18)17-7-4-3-5-8-17/h2-5,7-8,11-15,19-20,27H,1,6,9-10,16,33-35H2,(H,37,39)(H,38,41)/t19-,20-,27?,32?/m0/s1. The molecule has 1 saturated carbocycles. The lowest BCUT2D eigenvalue weighted by Crippen LogP contribution is -2.52. The van der Waals surface area contributed by atoms with E-state index in [0.717, 1.165) is 24.8 Å². The number of amides is 2. The summed E-state index contributed by atoms with van der Waals surface area (Å²) >= 11 is 1.22. The first-order valence-electron chi connectivity index (χ1n) is 13.9. The van der Waals surface area contributed by atoms with E-state index in [-0.39, 0.29) is 23.9 Å². The van der Waals surface area contributed by atoms with Crippen molar-refractivity contribution >= 4 is 44.7 Å². The summed E-state index contributed by atoms with van der Waals surface area (Å²) in [5, 5.41) is 6.69. The van der Waals surface area contributed by atoms with Crippen LogP contribution >= 0.6 is 11.3 Å². The Kier molecular flexibility index (Phi) is 7.14. The van der Waals surface area contributed by atoms with Crippen molar-refractivity contribution in [2.45, 2.75) is 49.3 Å². The first-order valence-corrected chi connectivity index (χ1v) is 14.7. The minimum atomic E-state index is -1.57. The van der Waals surface area contributed by atoms with E-state index < -0.39 is 17.4 Å². The van der Waals surface area contributed by atoms with Gasteiger partial charge in [-0.2, -0.15) is 0 Å². The van der Waals surface area contributed by atoms with Crippen LogP contribution in [0.15, 0.2) is 73.4 Å². The smallest absolute Gasteiger partial charge is 0.261 e. The van der Waals surface area contributed by atoms with Crippen LogP contribution in [0.25, 0.3) is 21.3 Å². The Morgan fingerprint density at radius 1 is 1.07 bits per heavy atom. The van der Waals surface area contributed by atoms with E-state index in [1.54, 1.807) is 24.4 Å². The molecule has 0 radical (unpaired) electrons. The molecule has 8 N–H and O–H groups in total. The van der Waals surface area contributed by atoms with Gasteiger partial charge in [0.05, 0.1) is 21.3 Å². The summed E-state index contributed by atoms with van der Waals surface area (Å²) in [6.07, 6.45) is 5.95. The zero-order valence-electron chi connectivity index (χ0n) is 22.9. The minimum absolute atomic E-state index is 0.0552. The van der Waals surface area contributed by atoms with Crippen molar-refractivity contribution in [1.82, 2.24) is 15.6 Å². The van der Waals surface area contributed by atoms with Gasteiger partial charge in [0.2, 0.25) is 5.91 Å². The van der Waals surface area contributed by atoms with Crippen molar-refractivity contribution in [3.05, 3.63) is 95.0 Å². The fourth-order valence-corrected chi connectivity index (χ4v) is 7.46. The van der Waals surface area contributed by atoms with Crippen LogP contribution in [0, 0.1) is 0 Å². The molecule has 1 fully saturated rings. The lowest BCUT2D eigenvalue weighted by molar-refractivity contribution is -0.124. The highest BCUT2D eigenvalue weighted by molar-refractivity contribution is 7.21. The molecule has 2 aliphatic carbocycles. The number of carbonyl (C=O) groups excluding carboxylic acids is 3. The van der Waals surface area contributed by atoms with E-state index in [9.17, 15) is 14.4 Å². The number of pyridine rings is 1. The van der Waals surface area contributed by atoms with Gasteiger partial charge in [0, 0.05) is 40.5 Å². The fourth-order valence-electron chi connectivity index (χ4n) is 6.25. The van der Waals surface area contributed by atoms with Crippen molar-refractivity contribution < 1.29 is 14.4 Å². The Balaban J connectivity index is 1.40. The highest BCUT2D eigenvalue weighted by atomic mass is 32.1. The molecule has 0 spiro atoms. The summed E-state index contributed by atoms with van der Waals surface area (Å²) in [5.74, 6) is -0.965. The molecule has 0 saturated heterocycles. The van der Waals surface area contributed by atoms with Gasteiger partial charge in [-0.25, -0.2) is 0 Å². The average Bonchev–Trinajstić information content (AvgIpc) is 3.42. The van der Waals surface area contributed by atoms with Gasteiger partial charge in [-0.3, -0.25) is 19.4 Å². The maximum absolute atomic E-state index is 14.1. The Morgan fingerprint density at radius 2 is 1.81 bits per heavy atom. The van der Waals surface area contributed by atoms with Crippen molar-refractivity contribution in [1.29, 1.82) is 0 Å². The van der Waals surface area contributed by atoms with Crippen LogP contribution < -0.4 is 27.8 Å². The van der Waals surface area contributed by atoms with E-state index in [4.69, 9.17) is 17.2 Å².